The van der Waals surface area contributed by atoms with Gasteiger partial charge in [0, 0.05) is 57.5 Å². The minimum atomic E-state index is -2.62. The van der Waals surface area contributed by atoms with Crippen LogP contribution in [0, 0.1) is 0 Å². The normalized spacial score (nSPS) is 28.3. The van der Waals surface area contributed by atoms with Gasteiger partial charge in [0.25, 0.3) is 5.92 Å². The van der Waals surface area contributed by atoms with Gasteiger partial charge in [-0.25, -0.2) is 8.78 Å². The van der Waals surface area contributed by atoms with Gasteiger partial charge in [0.05, 0.1) is 6.61 Å². The molecular weight excluding hydrogens is 342 g/mol. The van der Waals surface area contributed by atoms with Crippen molar-refractivity contribution in [2.45, 2.75) is 43.0 Å². The van der Waals surface area contributed by atoms with Crippen LogP contribution in [0.15, 0.2) is 24.5 Å². The lowest BCUT2D eigenvalue weighted by molar-refractivity contribution is -0.199. The van der Waals surface area contributed by atoms with Gasteiger partial charge >= 0.3 is 0 Å². The zero-order chi connectivity index (χ0) is 18.4. The fourth-order valence-corrected chi connectivity index (χ4v) is 4.15. The molecule has 0 aromatic carbocycles. The monoisotopic (exact) mass is 366 g/mol. The third-order valence-corrected chi connectivity index (χ3v) is 5.51. The zero-order valence-electron chi connectivity index (χ0n) is 14.8. The summed E-state index contributed by atoms with van der Waals surface area (Å²) in [5.74, 6) is -2.84. The van der Waals surface area contributed by atoms with E-state index in [0.717, 1.165) is 19.6 Å². The Kier molecular flexibility index (Phi) is 4.45. The Hall–Kier alpha value is -1.64. The van der Waals surface area contributed by atoms with Crippen molar-refractivity contribution in [1.29, 1.82) is 0 Å². The van der Waals surface area contributed by atoms with Gasteiger partial charge in [-0.05, 0) is 18.7 Å². The number of hydrogen-bond donors (Lipinski definition) is 1. The molecule has 26 heavy (non-hydrogen) atoms. The molecule has 8 heteroatoms. The predicted molar refractivity (Wildman–Crippen MR) is 90.7 cm³/mol. The number of carbonyl (C=O) groups is 1. The summed E-state index contributed by atoms with van der Waals surface area (Å²) < 4.78 is 31.9. The Morgan fingerprint density at radius 3 is 2.77 bits per heavy atom. The van der Waals surface area contributed by atoms with E-state index in [1.165, 1.54) is 5.56 Å². The first kappa shape index (κ1) is 17.8. The van der Waals surface area contributed by atoms with Gasteiger partial charge in [0.2, 0.25) is 5.91 Å². The highest BCUT2D eigenvalue weighted by atomic mass is 19.3. The van der Waals surface area contributed by atoms with Crippen LogP contribution < -0.4 is 5.32 Å². The standard InChI is InChI=1S/C18H24F2N4O2/c1-23-10-17(11-24(12-17)8-13-3-2-4-21-7-13)26-9-15(23)16(25)22-14-5-18(19,20)6-14/h2-4,7,14-15H,5-6,8-12H2,1H3,(H,22,25)/t15-/m1/s1. The van der Waals surface area contributed by atoms with E-state index in [1.54, 1.807) is 6.20 Å². The van der Waals surface area contributed by atoms with Crippen molar-refractivity contribution in [2.75, 3.05) is 33.3 Å². The van der Waals surface area contributed by atoms with Gasteiger partial charge in [-0.3, -0.25) is 19.6 Å². The van der Waals surface area contributed by atoms with Crippen LogP contribution in [0.2, 0.25) is 0 Å². The molecular formula is C18H24F2N4O2. The molecule has 0 unspecified atom stereocenters. The number of likely N-dealkylation sites (N-methyl/N-ethyl adjacent to an activating group) is 1. The molecule has 3 aliphatic rings. The Labute approximate surface area is 151 Å². The van der Waals surface area contributed by atoms with E-state index in [-0.39, 0.29) is 24.3 Å². The summed E-state index contributed by atoms with van der Waals surface area (Å²) in [6.07, 6.45) is 3.10. The van der Waals surface area contributed by atoms with Crippen LogP contribution in [0.1, 0.15) is 18.4 Å². The van der Waals surface area contributed by atoms with Gasteiger partial charge in [0.15, 0.2) is 0 Å². The molecule has 1 aromatic heterocycles. The number of nitrogens with zero attached hydrogens (tertiary/aromatic N) is 3. The van der Waals surface area contributed by atoms with Crippen LogP contribution in [0.5, 0.6) is 0 Å². The second kappa shape index (κ2) is 6.51. The molecule has 1 aliphatic carbocycles. The molecule has 1 amide bonds. The van der Waals surface area contributed by atoms with Crippen LogP contribution in [0.4, 0.5) is 8.78 Å². The fourth-order valence-electron chi connectivity index (χ4n) is 4.15. The average molecular weight is 366 g/mol. The van der Waals surface area contributed by atoms with Crippen LogP contribution in [-0.4, -0.2) is 77.6 Å². The third kappa shape index (κ3) is 3.58. The van der Waals surface area contributed by atoms with Gasteiger partial charge in [-0.2, -0.15) is 0 Å². The summed E-state index contributed by atoms with van der Waals surface area (Å²) in [6, 6.07) is 3.15. The first-order valence-electron chi connectivity index (χ1n) is 8.98. The van der Waals surface area contributed by atoms with Crippen molar-refractivity contribution in [3.05, 3.63) is 30.1 Å². The van der Waals surface area contributed by atoms with E-state index in [0.29, 0.717) is 13.2 Å². The minimum absolute atomic E-state index is 0.214. The van der Waals surface area contributed by atoms with Crippen molar-refractivity contribution < 1.29 is 18.3 Å². The van der Waals surface area contributed by atoms with E-state index in [2.05, 4.69) is 21.3 Å². The lowest BCUT2D eigenvalue weighted by Crippen LogP contribution is -2.72. The number of carbonyl (C=O) groups excluding carboxylic acids is 1. The van der Waals surface area contributed by atoms with E-state index >= 15 is 0 Å². The van der Waals surface area contributed by atoms with Crippen LogP contribution >= 0.6 is 0 Å². The Morgan fingerprint density at radius 1 is 1.38 bits per heavy atom. The zero-order valence-corrected chi connectivity index (χ0v) is 14.8. The van der Waals surface area contributed by atoms with E-state index in [4.69, 9.17) is 4.74 Å². The van der Waals surface area contributed by atoms with Crippen molar-refractivity contribution in [2.24, 2.45) is 0 Å². The molecule has 3 heterocycles. The molecule has 2 saturated heterocycles. The summed E-state index contributed by atoms with van der Waals surface area (Å²) in [5, 5.41) is 2.72. The smallest absolute Gasteiger partial charge is 0.252 e. The molecule has 4 rings (SSSR count). The maximum atomic E-state index is 12.9. The number of halogens is 2. The van der Waals surface area contributed by atoms with Gasteiger partial charge in [-0.1, -0.05) is 6.07 Å². The number of likely N-dealkylation sites (tertiary alicyclic amines) is 1. The Balaban J connectivity index is 1.25. The van der Waals surface area contributed by atoms with E-state index in [1.807, 2.05) is 24.2 Å². The quantitative estimate of drug-likeness (QED) is 0.857. The largest absolute Gasteiger partial charge is 0.369 e. The Morgan fingerprint density at radius 2 is 2.15 bits per heavy atom. The number of ether oxygens (including phenoxy) is 1. The number of hydrogen-bond acceptors (Lipinski definition) is 5. The maximum Gasteiger partial charge on any atom is 0.252 e. The van der Waals surface area contributed by atoms with E-state index < -0.39 is 18.0 Å². The van der Waals surface area contributed by atoms with Crippen LogP contribution in [-0.2, 0) is 16.1 Å². The van der Waals surface area contributed by atoms with Gasteiger partial charge in [-0.15, -0.1) is 0 Å². The molecule has 2 aliphatic heterocycles. The maximum absolute atomic E-state index is 12.9. The predicted octanol–water partition coefficient (Wildman–Crippen LogP) is 0.880. The highest BCUT2D eigenvalue weighted by molar-refractivity contribution is 5.82. The molecule has 1 N–H and O–H groups in total. The number of amides is 1. The van der Waals surface area contributed by atoms with Crippen molar-refractivity contribution in [1.82, 2.24) is 20.1 Å². The van der Waals surface area contributed by atoms with Gasteiger partial charge in [0.1, 0.15) is 11.6 Å². The summed E-state index contributed by atoms with van der Waals surface area (Å²) in [6.45, 7) is 3.43. The summed E-state index contributed by atoms with van der Waals surface area (Å²) in [7, 11) is 1.90. The highest BCUT2D eigenvalue weighted by Gasteiger charge is 2.51. The second-order valence-corrected chi connectivity index (χ2v) is 7.90. The fraction of sp³-hybridized carbons (Fsp3) is 0.667. The number of pyridine rings is 1. The molecule has 1 saturated carbocycles. The number of morpholine rings is 1. The molecule has 1 spiro atoms. The van der Waals surface area contributed by atoms with Crippen molar-refractivity contribution in [3.63, 3.8) is 0 Å². The SMILES string of the molecule is CN1CC2(CN(Cc3cccnc3)C2)OC[C@@H]1C(=O)NC1CC(F)(F)C1. The molecule has 1 aromatic rings. The topological polar surface area (TPSA) is 57.7 Å². The number of alkyl halides is 2. The van der Waals surface area contributed by atoms with Crippen molar-refractivity contribution >= 4 is 5.91 Å². The minimum Gasteiger partial charge on any atom is -0.369 e. The molecule has 6 nitrogen and oxygen atoms in total. The third-order valence-electron chi connectivity index (χ3n) is 5.51. The van der Waals surface area contributed by atoms with Crippen LogP contribution in [0.3, 0.4) is 0 Å². The van der Waals surface area contributed by atoms with E-state index in [9.17, 15) is 13.6 Å². The molecule has 1 atom stereocenters. The van der Waals surface area contributed by atoms with Crippen molar-refractivity contribution in [3.8, 4) is 0 Å². The molecule has 0 radical (unpaired) electrons. The summed E-state index contributed by atoms with van der Waals surface area (Å²) >= 11 is 0. The lowest BCUT2D eigenvalue weighted by atomic mass is 9.87. The lowest BCUT2D eigenvalue weighted by Gasteiger charge is -2.55. The number of nitrogens with one attached hydrogen (secondary N) is 1. The summed E-state index contributed by atoms with van der Waals surface area (Å²) in [5.41, 5.74) is 0.929. The van der Waals surface area contributed by atoms with Gasteiger partial charge < -0.3 is 10.1 Å². The average Bonchev–Trinajstić information content (AvgIpc) is 2.52. The molecule has 142 valence electrons. The van der Waals surface area contributed by atoms with Crippen LogP contribution in [0.25, 0.3) is 0 Å². The summed E-state index contributed by atoms with van der Waals surface area (Å²) in [4.78, 5) is 20.8. The first-order valence-corrected chi connectivity index (χ1v) is 8.98. The highest BCUT2D eigenvalue weighted by Crippen LogP contribution is 2.37. The first-order chi connectivity index (χ1) is 12.3. The molecule has 3 fully saturated rings. The molecule has 0 bridgehead atoms. The number of aromatic nitrogens is 1. The second-order valence-electron chi connectivity index (χ2n) is 7.90. The Bertz CT molecular complexity index is 658. The number of rotatable bonds is 4.